The number of hydrogen-bond donors (Lipinski definition) is 2. The van der Waals surface area contributed by atoms with Gasteiger partial charge in [-0.05, 0) is 59.7 Å². The Bertz CT molecular complexity index is 1130. The molecule has 0 saturated carbocycles. The van der Waals surface area contributed by atoms with Crippen molar-refractivity contribution < 1.29 is 19.1 Å². The summed E-state index contributed by atoms with van der Waals surface area (Å²) >= 11 is 0. The van der Waals surface area contributed by atoms with Gasteiger partial charge in [0.25, 0.3) is 11.8 Å². The summed E-state index contributed by atoms with van der Waals surface area (Å²) in [5.41, 5.74) is 7.46. The lowest BCUT2D eigenvalue weighted by atomic mass is 10.2. The van der Waals surface area contributed by atoms with Gasteiger partial charge < -0.3 is 9.47 Å². The molecule has 0 aliphatic rings. The maximum atomic E-state index is 12.2. The van der Waals surface area contributed by atoms with Crippen LogP contribution in [0.1, 0.15) is 31.8 Å². The van der Waals surface area contributed by atoms with Crippen LogP contribution in [0.2, 0.25) is 0 Å². The second-order valence-corrected chi connectivity index (χ2v) is 7.31. The molecule has 0 fully saturated rings. The second kappa shape index (κ2) is 13.7. The van der Waals surface area contributed by atoms with E-state index in [1.807, 2.05) is 24.3 Å². The van der Waals surface area contributed by atoms with E-state index in [-0.39, 0.29) is 11.8 Å². The minimum absolute atomic E-state index is 0.333. The van der Waals surface area contributed by atoms with Crippen molar-refractivity contribution in [1.82, 2.24) is 10.9 Å². The SMILES string of the molecule is C=CCOc1ccc(C(=O)NN=Cc2ccc(C=NNC(=O)c3ccc(OCC=C)cc3)cc2)cc1. The molecule has 8 nitrogen and oxygen atoms in total. The molecule has 0 saturated heterocycles. The highest BCUT2D eigenvalue weighted by Crippen LogP contribution is 2.13. The van der Waals surface area contributed by atoms with Crippen molar-refractivity contribution in [1.29, 1.82) is 0 Å². The van der Waals surface area contributed by atoms with Crippen molar-refractivity contribution in [3.05, 3.63) is 120 Å². The van der Waals surface area contributed by atoms with Crippen molar-refractivity contribution in [2.75, 3.05) is 13.2 Å². The Kier molecular flexibility index (Phi) is 9.73. The number of nitrogens with one attached hydrogen (secondary N) is 2. The van der Waals surface area contributed by atoms with Crippen LogP contribution in [-0.2, 0) is 0 Å². The van der Waals surface area contributed by atoms with E-state index in [1.165, 1.54) is 12.4 Å². The first-order chi connectivity index (χ1) is 17.6. The smallest absolute Gasteiger partial charge is 0.271 e. The second-order valence-electron chi connectivity index (χ2n) is 7.31. The maximum Gasteiger partial charge on any atom is 0.271 e. The minimum Gasteiger partial charge on any atom is -0.490 e. The van der Waals surface area contributed by atoms with Gasteiger partial charge >= 0.3 is 0 Å². The minimum atomic E-state index is -0.333. The van der Waals surface area contributed by atoms with Gasteiger partial charge in [-0.15, -0.1) is 0 Å². The van der Waals surface area contributed by atoms with E-state index in [9.17, 15) is 9.59 Å². The Hall–Kier alpha value is -4.98. The lowest BCUT2D eigenvalue weighted by Gasteiger charge is -2.04. The number of ether oxygens (including phenoxy) is 2. The van der Waals surface area contributed by atoms with Crippen LogP contribution >= 0.6 is 0 Å². The summed E-state index contributed by atoms with van der Waals surface area (Å²) in [5, 5.41) is 7.98. The fourth-order valence-corrected chi connectivity index (χ4v) is 2.84. The van der Waals surface area contributed by atoms with Crippen LogP contribution in [-0.4, -0.2) is 37.5 Å². The molecule has 3 aromatic carbocycles. The van der Waals surface area contributed by atoms with Gasteiger partial charge in [0.15, 0.2) is 0 Å². The molecule has 0 aromatic heterocycles. The molecule has 0 atom stereocenters. The number of hydrazone groups is 2. The highest BCUT2D eigenvalue weighted by Gasteiger charge is 2.05. The predicted molar refractivity (Wildman–Crippen MR) is 141 cm³/mol. The van der Waals surface area contributed by atoms with E-state index < -0.39 is 0 Å². The van der Waals surface area contributed by atoms with Gasteiger partial charge in [-0.2, -0.15) is 10.2 Å². The summed E-state index contributed by atoms with van der Waals surface area (Å²) in [4.78, 5) is 24.4. The zero-order chi connectivity index (χ0) is 25.6. The van der Waals surface area contributed by atoms with E-state index in [2.05, 4.69) is 34.2 Å². The highest BCUT2D eigenvalue weighted by atomic mass is 16.5. The van der Waals surface area contributed by atoms with E-state index in [1.54, 1.807) is 60.7 Å². The molecule has 2 amide bonds. The third-order valence-electron chi connectivity index (χ3n) is 4.66. The molecule has 0 spiro atoms. The number of amides is 2. The molecule has 8 heteroatoms. The molecule has 3 rings (SSSR count). The lowest BCUT2D eigenvalue weighted by Crippen LogP contribution is -2.17. The molecule has 0 heterocycles. The Morgan fingerprint density at radius 1 is 0.639 bits per heavy atom. The van der Waals surface area contributed by atoms with Crippen molar-refractivity contribution in [2.45, 2.75) is 0 Å². The Balaban J connectivity index is 1.46. The van der Waals surface area contributed by atoms with Gasteiger partial charge in [0, 0.05) is 11.1 Å². The quantitative estimate of drug-likeness (QED) is 0.228. The summed E-state index contributed by atoms with van der Waals surface area (Å²) in [6.45, 7) is 7.98. The number of nitrogens with zero attached hydrogens (tertiary/aromatic N) is 2. The van der Waals surface area contributed by atoms with E-state index >= 15 is 0 Å². The zero-order valence-electron chi connectivity index (χ0n) is 19.6. The standard InChI is InChI=1S/C28H26N4O4/c1-3-17-35-25-13-9-23(10-14-25)27(33)31-29-19-21-5-7-22(8-6-21)20-30-32-28(34)24-11-15-26(16-12-24)36-18-4-2/h3-16,19-20H,1-2,17-18H2,(H,31,33)(H,32,34). The van der Waals surface area contributed by atoms with Crippen molar-refractivity contribution in [3.8, 4) is 11.5 Å². The van der Waals surface area contributed by atoms with Crippen LogP contribution in [0.15, 0.2) is 108 Å². The fourth-order valence-electron chi connectivity index (χ4n) is 2.84. The third-order valence-corrected chi connectivity index (χ3v) is 4.66. The monoisotopic (exact) mass is 482 g/mol. The summed E-state index contributed by atoms with van der Waals surface area (Å²) < 4.78 is 10.8. The summed E-state index contributed by atoms with van der Waals surface area (Å²) in [6, 6.07) is 20.7. The normalized spacial score (nSPS) is 10.7. The Morgan fingerprint density at radius 2 is 1.00 bits per heavy atom. The molecular formula is C28H26N4O4. The first-order valence-electron chi connectivity index (χ1n) is 11.0. The zero-order valence-corrected chi connectivity index (χ0v) is 19.6. The van der Waals surface area contributed by atoms with E-state index in [4.69, 9.17) is 9.47 Å². The van der Waals surface area contributed by atoms with Crippen LogP contribution in [0.5, 0.6) is 11.5 Å². The molecule has 0 bridgehead atoms. The fraction of sp³-hybridized carbons (Fsp3) is 0.0714. The van der Waals surface area contributed by atoms with Gasteiger partial charge in [0.2, 0.25) is 0 Å². The van der Waals surface area contributed by atoms with Crippen molar-refractivity contribution in [3.63, 3.8) is 0 Å². The molecule has 0 unspecified atom stereocenters. The highest BCUT2D eigenvalue weighted by molar-refractivity contribution is 5.96. The first kappa shape index (κ1) is 25.6. The molecule has 0 radical (unpaired) electrons. The van der Waals surface area contributed by atoms with Gasteiger partial charge in [0.05, 0.1) is 12.4 Å². The molecular weight excluding hydrogens is 456 g/mol. The molecule has 2 N–H and O–H groups in total. The van der Waals surface area contributed by atoms with Gasteiger partial charge in [-0.25, -0.2) is 10.9 Å². The van der Waals surface area contributed by atoms with Gasteiger partial charge in [-0.1, -0.05) is 49.6 Å². The largest absolute Gasteiger partial charge is 0.490 e. The Morgan fingerprint density at radius 3 is 1.33 bits per heavy atom. The lowest BCUT2D eigenvalue weighted by molar-refractivity contribution is 0.0947. The third kappa shape index (κ3) is 8.11. The Labute approximate surface area is 209 Å². The van der Waals surface area contributed by atoms with Crippen molar-refractivity contribution >= 4 is 24.2 Å². The summed E-state index contributed by atoms with van der Waals surface area (Å²) in [6.07, 6.45) is 6.36. The number of carbonyl (C=O) groups is 2. The number of carbonyl (C=O) groups excluding carboxylic acids is 2. The van der Waals surface area contributed by atoms with Crippen LogP contribution < -0.4 is 20.3 Å². The summed E-state index contributed by atoms with van der Waals surface area (Å²) in [5.74, 6) is 0.642. The average molecular weight is 483 g/mol. The van der Waals surface area contributed by atoms with Gasteiger partial charge in [0.1, 0.15) is 24.7 Å². The summed E-state index contributed by atoms with van der Waals surface area (Å²) in [7, 11) is 0. The molecule has 0 aliphatic carbocycles. The van der Waals surface area contributed by atoms with Crippen LogP contribution in [0.25, 0.3) is 0 Å². The predicted octanol–water partition coefficient (Wildman–Crippen LogP) is 4.34. The van der Waals surface area contributed by atoms with E-state index in [0.717, 1.165) is 11.1 Å². The molecule has 182 valence electrons. The average Bonchev–Trinajstić information content (AvgIpc) is 2.92. The van der Waals surface area contributed by atoms with Crippen LogP contribution in [0, 0.1) is 0 Å². The molecule has 36 heavy (non-hydrogen) atoms. The molecule has 3 aromatic rings. The molecule has 0 aliphatic heterocycles. The van der Waals surface area contributed by atoms with Crippen LogP contribution in [0.4, 0.5) is 0 Å². The topological polar surface area (TPSA) is 101 Å². The number of hydrogen-bond acceptors (Lipinski definition) is 6. The van der Waals surface area contributed by atoms with Crippen molar-refractivity contribution in [2.24, 2.45) is 10.2 Å². The number of rotatable bonds is 12. The van der Waals surface area contributed by atoms with E-state index in [0.29, 0.717) is 35.8 Å². The maximum absolute atomic E-state index is 12.2. The van der Waals surface area contributed by atoms with Crippen LogP contribution in [0.3, 0.4) is 0 Å². The van der Waals surface area contributed by atoms with Gasteiger partial charge in [-0.3, -0.25) is 9.59 Å². The number of benzene rings is 3. The first-order valence-corrected chi connectivity index (χ1v) is 11.0.